The summed E-state index contributed by atoms with van der Waals surface area (Å²) in [5.41, 5.74) is 1.39. The summed E-state index contributed by atoms with van der Waals surface area (Å²) < 4.78 is 5.92. The van der Waals surface area contributed by atoms with Crippen molar-refractivity contribution in [1.82, 2.24) is 0 Å². The summed E-state index contributed by atoms with van der Waals surface area (Å²) in [6.07, 6.45) is 1.80. The van der Waals surface area contributed by atoms with E-state index < -0.39 is 5.41 Å². The number of carbonyl (C=O) groups excluding carboxylic acids is 1. The lowest BCUT2D eigenvalue weighted by atomic mass is 9.94. The van der Waals surface area contributed by atoms with Crippen LogP contribution in [0.5, 0.6) is 5.75 Å². The van der Waals surface area contributed by atoms with Crippen molar-refractivity contribution in [1.29, 1.82) is 0 Å². The molecule has 1 aliphatic rings. The minimum atomic E-state index is -0.446. The first-order valence-corrected chi connectivity index (χ1v) is 9.63. The summed E-state index contributed by atoms with van der Waals surface area (Å²) in [4.78, 5) is 13.1. The first-order valence-electron chi connectivity index (χ1n) is 9.25. The maximum atomic E-state index is 13.1. The fraction of sp³-hybridized carbons (Fsp3) is 0.261. The first kappa shape index (κ1) is 17.9. The molecule has 3 aromatic carbocycles. The number of anilines is 1. The third-order valence-electron chi connectivity index (χ3n) is 5.08. The number of halogens is 1. The number of benzene rings is 3. The van der Waals surface area contributed by atoms with Crippen molar-refractivity contribution < 1.29 is 9.53 Å². The van der Waals surface area contributed by atoms with Crippen LogP contribution < -0.4 is 10.1 Å². The van der Waals surface area contributed by atoms with Gasteiger partial charge in [0.25, 0.3) is 0 Å². The lowest BCUT2D eigenvalue weighted by Gasteiger charge is -2.18. The van der Waals surface area contributed by atoms with Crippen LogP contribution in [0.15, 0.2) is 60.7 Å². The fourth-order valence-corrected chi connectivity index (χ4v) is 3.65. The van der Waals surface area contributed by atoms with Crippen molar-refractivity contribution in [3.05, 3.63) is 71.2 Å². The van der Waals surface area contributed by atoms with E-state index in [1.54, 1.807) is 0 Å². The number of amides is 1. The van der Waals surface area contributed by atoms with Gasteiger partial charge in [-0.1, -0.05) is 48.0 Å². The van der Waals surface area contributed by atoms with E-state index in [1.165, 1.54) is 0 Å². The summed E-state index contributed by atoms with van der Waals surface area (Å²) in [5, 5.41) is 5.82. The third kappa shape index (κ3) is 3.40. The molecule has 0 spiro atoms. The van der Waals surface area contributed by atoms with Crippen LogP contribution in [0.3, 0.4) is 0 Å². The van der Waals surface area contributed by atoms with Gasteiger partial charge >= 0.3 is 0 Å². The van der Waals surface area contributed by atoms with E-state index in [2.05, 4.69) is 5.32 Å². The molecular weight excluding hydrogens is 358 g/mol. The van der Waals surface area contributed by atoms with Gasteiger partial charge in [0.15, 0.2) is 0 Å². The zero-order chi connectivity index (χ0) is 19.0. The van der Waals surface area contributed by atoms with Crippen LogP contribution in [0, 0.1) is 0 Å². The Morgan fingerprint density at radius 3 is 2.30 bits per heavy atom. The van der Waals surface area contributed by atoms with Crippen LogP contribution in [0.2, 0.25) is 5.02 Å². The van der Waals surface area contributed by atoms with Crippen molar-refractivity contribution in [2.45, 2.75) is 38.2 Å². The highest BCUT2D eigenvalue weighted by Crippen LogP contribution is 2.49. The molecule has 3 aromatic rings. The highest BCUT2D eigenvalue weighted by atomic mass is 35.5. The molecule has 1 N–H and O–H groups in total. The maximum absolute atomic E-state index is 13.1. The monoisotopic (exact) mass is 379 g/mol. The molecule has 1 fully saturated rings. The summed E-state index contributed by atoms with van der Waals surface area (Å²) >= 11 is 6.00. The molecule has 0 radical (unpaired) electrons. The van der Waals surface area contributed by atoms with Gasteiger partial charge < -0.3 is 10.1 Å². The Morgan fingerprint density at radius 1 is 1.00 bits per heavy atom. The minimum absolute atomic E-state index is 0.0347. The van der Waals surface area contributed by atoms with Crippen molar-refractivity contribution in [2.24, 2.45) is 0 Å². The van der Waals surface area contributed by atoms with Gasteiger partial charge in [0, 0.05) is 21.5 Å². The average molecular weight is 380 g/mol. The molecule has 3 nitrogen and oxygen atoms in total. The fourth-order valence-electron chi connectivity index (χ4n) is 3.52. The summed E-state index contributed by atoms with van der Waals surface area (Å²) in [6.45, 7) is 4.01. The van der Waals surface area contributed by atoms with Gasteiger partial charge in [-0.25, -0.2) is 0 Å². The normalized spacial score (nSPS) is 15.0. The quantitative estimate of drug-likeness (QED) is 0.594. The summed E-state index contributed by atoms with van der Waals surface area (Å²) in [6, 6.07) is 19.4. The molecule has 4 rings (SSSR count). The van der Waals surface area contributed by atoms with Gasteiger partial charge in [0.2, 0.25) is 5.91 Å². The van der Waals surface area contributed by atoms with Crippen LogP contribution in [0.1, 0.15) is 32.3 Å². The van der Waals surface area contributed by atoms with Gasteiger partial charge in [-0.05, 0) is 56.5 Å². The Kier molecular flexibility index (Phi) is 4.56. The number of hydrogen-bond acceptors (Lipinski definition) is 2. The molecular formula is C23H22ClNO2. The largest absolute Gasteiger partial charge is 0.490 e. The third-order valence-corrected chi connectivity index (χ3v) is 5.33. The number of carbonyl (C=O) groups is 1. The molecule has 0 bridgehead atoms. The van der Waals surface area contributed by atoms with Crippen molar-refractivity contribution in [2.75, 3.05) is 5.32 Å². The number of nitrogens with one attached hydrogen (secondary N) is 1. The molecule has 0 saturated heterocycles. The predicted molar refractivity (Wildman–Crippen MR) is 111 cm³/mol. The predicted octanol–water partition coefficient (Wildman–Crippen LogP) is 5.95. The van der Waals surface area contributed by atoms with Gasteiger partial charge in [-0.2, -0.15) is 0 Å². The Bertz CT molecular complexity index is 991. The van der Waals surface area contributed by atoms with E-state index in [0.29, 0.717) is 5.02 Å². The van der Waals surface area contributed by atoms with Gasteiger partial charge in [-0.3, -0.25) is 4.79 Å². The number of hydrogen-bond donors (Lipinski definition) is 1. The van der Waals surface area contributed by atoms with Gasteiger partial charge in [-0.15, -0.1) is 0 Å². The molecule has 27 heavy (non-hydrogen) atoms. The van der Waals surface area contributed by atoms with Crippen LogP contribution >= 0.6 is 11.6 Å². The zero-order valence-electron chi connectivity index (χ0n) is 15.5. The summed E-state index contributed by atoms with van der Waals surface area (Å²) in [7, 11) is 0. The molecule has 4 heteroatoms. The second kappa shape index (κ2) is 6.90. The highest BCUT2D eigenvalue weighted by Gasteiger charge is 2.51. The molecule has 0 heterocycles. The van der Waals surface area contributed by atoms with Crippen LogP contribution in [-0.2, 0) is 10.2 Å². The second-order valence-electron chi connectivity index (χ2n) is 7.37. The topological polar surface area (TPSA) is 38.3 Å². The van der Waals surface area contributed by atoms with E-state index in [-0.39, 0.29) is 12.0 Å². The van der Waals surface area contributed by atoms with Crippen LogP contribution in [0.4, 0.5) is 5.69 Å². The van der Waals surface area contributed by atoms with Crippen molar-refractivity contribution >= 4 is 34.0 Å². The Labute approximate surface area is 164 Å². The Hall–Kier alpha value is -2.52. The SMILES string of the molecule is CC(C)Oc1ccc(NC(=O)C2(c3ccc(Cl)cc3)CC2)c2ccccc12. The number of fused-ring (bicyclic) bond motifs is 1. The van der Waals surface area contributed by atoms with E-state index in [4.69, 9.17) is 16.3 Å². The first-order chi connectivity index (χ1) is 13.0. The second-order valence-corrected chi connectivity index (χ2v) is 7.80. The molecule has 1 aliphatic carbocycles. The molecule has 1 saturated carbocycles. The lowest BCUT2D eigenvalue weighted by molar-refractivity contribution is -0.118. The summed E-state index contributed by atoms with van der Waals surface area (Å²) in [5.74, 6) is 0.866. The average Bonchev–Trinajstić information content (AvgIpc) is 3.46. The van der Waals surface area contributed by atoms with Gasteiger partial charge in [0.05, 0.1) is 11.5 Å². The zero-order valence-corrected chi connectivity index (χ0v) is 16.2. The lowest BCUT2D eigenvalue weighted by Crippen LogP contribution is -2.27. The van der Waals surface area contributed by atoms with Crippen LogP contribution in [-0.4, -0.2) is 12.0 Å². The number of rotatable bonds is 5. The van der Waals surface area contributed by atoms with Crippen LogP contribution in [0.25, 0.3) is 10.8 Å². The molecule has 1 amide bonds. The Balaban J connectivity index is 1.66. The van der Waals surface area contributed by atoms with Crippen molar-refractivity contribution in [3.8, 4) is 5.75 Å². The molecule has 0 unspecified atom stereocenters. The standard InChI is InChI=1S/C23H22ClNO2/c1-15(2)27-21-12-11-20(18-5-3-4-6-19(18)21)25-22(26)23(13-14-23)16-7-9-17(24)10-8-16/h3-12,15H,13-14H2,1-2H3,(H,25,26). The van der Waals surface area contributed by atoms with E-state index >= 15 is 0 Å². The highest BCUT2D eigenvalue weighted by molar-refractivity contribution is 6.30. The van der Waals surface area contributed by atoms with Gasteiger partial charge in [0.1, 0.15) is 5.75 Å². The molecule has 0 aliphatic heterocycles. The smallest absolute Gasteiger partial charge is 0.235 e. The molecule has 0 aromatic heterocycles. The van der Waals surface area contributed by atoms with E-state index in [0.717, 1.165) is 40.6 Å². The van der Waals surface area contributed by atoms with Crippen molar-refractivity contribution in [3.63, 3.8) is 0 Å². The minimum Gasteiger partial charge on any atom is -0.490 e. The molecule has 138 valence electrons. The van der Waals surface area contributed by atoms with E-state index in [9.17, 15) is 4.79 Å². The Morgan fingerprint density at radius 2 is 1.67 bits per heavy atom. The van der Waals surface area contributed by atoms with E-state index in [1.807, 2.05) is 74.5 Å². The number of ether oxygens (including phenoxy) is 1. The molecule has 0 atom stereocenters. The maximum Gasteiger partial charge on any atom is 0.235 e.